The van der Waals surface area contributed by atoms with E-state index in [2.05, 4.69) is 83.2 Å². The Balaban J connectivity index is 1.69. The molecule has 0 aromatic heterocycles. The Labute approximate surface area is 181 Å². The molecular weight excluding hydrogens is 370 g/mol. The molecule has 2 fully saturated rings. The van der Waals surface area contributed by atoms with Gasteiger partial charge in [0.1, 0.15) is 0 Å². The lowest BCUT2D eigenvalue weighted by Crippen LogP contribution is -2.48. The summed E-state index contributed by atoms with van der Waals surface area (Å²) >= 11 is 0. The van der Waals surface area contributed by atoms with Crippen LogP contribution in [0, 0.1) is 5.92 Å². The summed E-state index contributed by atoms with van der Waals surface area (Å²) < 4.78 is 0. The number of urea groups is 1. The molecule has 4 heteroatoms. The summed E-state index contributed by atoms with van der Waals surface area (Å²) in [4.78, 5) is 15.0. The van der Waals surface area contributed by atoms with Gasteiger partial charge in [0.15, 0.2) is 0 Å². The monoisotopic (exact) mass is 405 g/mol. The number of hydrogen-bond donors (Lipinski definition) is 2. The molecule has 2 bridgehead atoms. The SMILES string of the molecule is CCNC(=O)NCC(CC1C[C@H]2CC[C@@H](C1)N2C)(c1ccccc1)c1ccccc1. The molecule has 0 aliphatic carbocycles. The molecule has 3 atom stereocenters. The van der Waals surface area contributed by atoms with Crippen LogP contribution in [-0.4, -0.2) is 43.2 Å². The fraction of sp³-hybridized carbons (Fsp3) is 0.500. The van der Waals surface area contributed by atoms with E-state index in [1.807, 2.05) is 6.92 Å². The molecule has 30 heavy (non-hydrogen) atoms. The molecule has 2 aliphatic rings. The normalized spacial score (nSPS) is 23.9. The van der Waals surface area contributed by atoms with Gasteiger partial charge in [-0.3, -0.25) is 0 Å². The van der Waals surface area contributed by atoms with Gasteiger partial charge in [0.05, 0.1) is 0 Å². The van der Waals surface area contributed by atoms with Crippen LogP contribution in [0.2, 0.25) is 0 Å². The van der Waals surface area contributed by atoms with Crippen LogP contribution in [0.25, 0.3) is 0 Å². The zero-order chi connectivity index (χ0) is 21.0. The molecule has 0 spiro atoms. The Hall–Kier alpha value is -2.33. The highest BCUT2D eigenvalue weighted by Crippen LogP contribution is 2.45. The van der Waals surface area contributed by atoms with Gasteiger partial charge in [0.2, 0.25) is 0 Å². The first-order chi connectivity index (χ1) is 14.6. The van der Waals surface area contributed by atoms with Gasteiger partial charge < -0.3 is 15.5 Å². The fourth-order valence-electron chi connectivity index (χ4n) is 5.83. The highest BCUT2D eigenvalue weighted by Gasteiger charge is 2.43. The molecule has 160 valence electrons. The molecule has 4 rings (SSSR count). The van der Waals surface area contributed by atoms with Crippen LogP contribution in [0.1, 0.15) is 50.2 Å². The summed E-state index contributed by atoms with van der Waals surface area (Å²) in [7, 11) is 2.30. The molecule has 2 aromatic rings. The summed E-state index contributed by atoms with van der Waals surface area (Å²) in [5.74, 6) is 0.662. The maximum absolute atomic E-state index is 12.4. The summed E-state index contributed by atoms with van der Waals surface area (Å²) in [5.41, 5.74) is 2.35. The first-order valence-electron chi connectivity index (χ1n) is 11.5. The average molecular weight is 406 g/mol. The van der Waals surface area contributed by atoms with Crippen molar-refractivity contribution in [1.82, 2.24) is 15.5 Å². The van der Waals surface area contributed by atoms with Gasteiger partial charge in [0.25, 0.3) is 0 Å². The van der Waals surface area contributed by atoms with Crippen LogP contribution in [0.5, 0.6) is 0 Å². The third-order valence-electron chi connectivity index (χ3n) is 7.37. The van der Waals surface area contributed by atoms with Crippen molar-refractivity contribution < 1.29 is 4.79 Å². The summed E-state index contributed by atoms with van der Waals surface area (Å²) in [5, 5.41) is 6.10. The zero-order valence-corrected chi connectivity index (χ0v) is 18.3. The minimum atomic E-state index is -0.229. The Morgan fingerprint density at radius 2 is 1.47 bits per heavy atom. The predicted octanol–water partition coefficient (Wildman–Crippen LogP) is 4.55. The van der Waals surface area contributed by atoms with E-state index in [0.29, 0.717) is 31.1 Å². The molecule has 0 radical (unpaired) electrons. The van der Waals surface area contributed by atoms with Crippen molar-refractivity contribution in [3.8, 4) is 0 Å². The van der Waals surface area contributed by atoms with Gasteiger partial charge in [-0.05, 0) is 63.1 Å². The number of carbonyl (C=O) groups is 1. The third-order valence-corrected chi connectivity index (χ3v) is 7.37. The summed E-state index contributed by atoms with van der Waals surface area (Å²) in [6, 6.07) is 22.9. The van der Waals surface area contributed by atoms with Crippen molar-refractivity contribution in [3.63, 3.8) is 0 Å². The quantitative estimate of drug-likeness (QED) is 0.709. The number of piperidine rings is 1. The topological polar surface area (TPSA) is 44.4 Å². The maximum atomic E-state index is 12.4. The van der Waals surface area contributed by atoms with Crippen molar-refractivity contribution >= 4 is 6.03 Å². The lowest BCUT2D eigenvalue weighted by atomic mass is 9.67. The van der Waals surface area contributed by atoms with E-state index in [0.717, 1.165) is 6.42 Å². The highest BCUT2D eigenvalue weighted by molar-refractivity contribution is 5.74. The fourth-order valence-corrected chi connectivity index (χ4v) is 5.83. The minimum Gasteiger partial charge on any atom is -0.338 e. The third kappa shape index (κ3) is 4.24. The number of nitrogens with one attached hydrogen (secondary N) is 2. The molecule has 2 N–H and O–H groups in total. The van der Waals surface area contributed by atoms with Crippen molar-refractivity contribution in [2.75, 3.05) is 20.1 Å². The minimum absolute atomic E-state index is 0.0859. The Morgan fingerprint density at radius 3 is 1.97 bits per heavy atom. The lowest BCUT2D eigenvalue weighted by Gasteiger charge is -2.43. The molecule has 2 aromatic carbocycles. The number of carbonyl (C=O) groups excluding carboxylic acids is 1. The van der Waals surface area contributed by atoms with Crippen molar-refractivity contribution in [2.45, 2.75) is 56.5 Å². The highest BCUT2D eigenvalue weighted by atomic mass is 16.2. The number of amides is 2. The maximum Gasteiger partial charge on any atom is 0.314 e. The van der Waals surface area contributed by atoms with Crippen LogP contribution >= 0.6 is 0 Å². The average Bonchev–Trinajstić information content (AvgIpc) is 2.98. The van der Waals surface area contributed by atoms with Gasteiger partial charge in [-0.15, -0.1) is 0 Å². The van der Waals surface area contributed by atoms with Crippen molar-refractivity contribution in [3.05, 3.63) is 71.8 Å². The summed E-state index contributed by atoms with van der Waals surface area (Å²) in [6.45, 7) is 3.19. The van der Waals surface area contributed by atoms with Gasteiger partial charge in [0, 0.05) is 30.6 Å². The molecular formula is C26H35N3O. The zero-order valence-electron chi connectivity index (χ0n) is 18.3. The van der Waals surface area contributed by atoms with E-state index in [1.165, 1.54) is 36.8 Å². The lowest BCUT2D eigenvalue weighted by molar-refractivity contribution is 0.118. The van der Waals surface area contributed by atoms with E-state index in [4.69, 9.17) is 0 Å². The van der Waals surface area contributed by atoms with E-state index in [-0.39, 0.29) is 11.4 Å². The Kier molecular flexibility index (Phi) is 6.43. The molecule has 0 saturated carbocycles. The molecule has 2 saturated heterocycles. The molecule has 2 heterocycles. The predicted molar refractivity (Wildman–Crippen MR) is 123 cm³/mol. The molecule has 4 nitrogen and oxygen atoms in total. The van der Waals surface area contributed by atoms with Gasteiger partial charge in [-0.25, -0.2) is 4.79 Å². The van der Waals surface area contributed by atoms with Crippen molar-refractivity contribution in [2.24, 2.45) is 5.92 Å². The largest absolute Gasteiger partial charge is 0.338 e. The van der Waals surface area contributed by atoms with E-state index in [1.54, 1.807) is 0 Å². The van der Waals surface area contributed by atoms with Gasteiger partial charge in [-0.1, -0.05) is 60.7 Å². The van der Waals surface area contributed by atoms with Gasteiger partial charge >= 0.3 is 6.03 Å². The van der Waals surface area contributed by atoms with E-state index < -0.39 is 0 Å². The van der Waals surface area contributed by atoms with Crippen LogP contribution < -0.4 is 10.6 Å². The van der Waals surface area contributed by atoms with E-state index >= 15 is 0 Å². The van der Waals surface area contributed by atoms with Crippen LogP contribution in [0.4, 0.5) is 4.79 Å². The second-order valence-electron chi connectivity index (χ2n) is 9.12. The summed E-state index contributed by atoms with van der Waals surface area (Å²) in [6.07, 6.45) is 6.25. The number of benzene rings is 2. The first kappa shape index (κ1) is 20.9. The number of fused-ring (bicyclic) bond motifs is 2. The second-order valence-corrected chi connectivity index (χ2v) is 9.12. The molecule has 1 unspecified atom stereocenters. The number of rotatable bonds is 7. The molecule has 2 amide bonds. The smallest absolute Gasteiger partial charge is 0.314 e. The number of nitrogens with zero attached hydrogens (tertiary/aromatic N) is 1. The van der Waals surface area contributed by atoms with E-state index in [9.17, 15) is 4.79 Å². The van der Waals surface area contributed by atoms with Gasteiger partial charge in [-0.2, -0.15) is 0 Å². The standard InChI is InChI=1S/C26H35N3O/c1-3-27-25(30)28-19-26(21-10-6-4-7-11-21,22-12-8-5-9-13-22)18-20-16-23-14-15-24(17-20)29(23)2/h4-13,20,23-24H,3,14-19H2,1-2H3,(H2,27,28,30)/t20?,23-,24+. The first-order valence-corrected chi connectivity index (χ1v) is 11.5. The molecule has 2 aliphatic heterocycles. The second kappa shape index (κ2) is 9.22. The van der Waals surface area contributed by atoms with Crippen LogP contribution in [-0.2, 0) is 5.41 Å². The Bertz CT molecular complexity index is 769. The van der Waals surface area contributed by atoms with Crippen LogP contribution in [0.15, 0.2) is 60.7 Å². The van der Waals surface area contributed by atoms with Crippen LogP contribution in [0.3, 0.4) is 0 Å². The Morgan fingerprint density at radius 1 is 0.933 bits per heavy atom. The van der Waals surface area contributed by atoms with Crippen molar-refractivity contribution in [1.29, 1.82) is 0 Å². The number of hydrogen-bond acceptors (Lipinski definition) is 2.